The van der Waals surface area contributed by atoms with Crippen LogP contribution in [-0.4, -0.2) is 51.5 Å². The summed E-state index contributed by atoms with van der Waals surface area (Å²) in [5.74, 6) is 0.833. The minimum Gasteiger partial charge on any atom is -0.379 e. The van der Waals surface area contributed by atoms with E-state index in [4.69, 9.17) is 9.47 Å². The van der Waals surface area contributed by atoms with E-state index in [0.29, 0.717) is 6.61 Å². The Labute approximate surface area is 181 Å². The molecule has 0 spiro atoms. The molecule has 5 nitrogen and oxygen atoms in total. The van der Waals surface area contributed by atoms with E-state index in [1.165, 1.54) is 18.4 Å². The zero-order chi connectivity index (χ0) is 17.7. The molecule has 0 radical (unpaired) electrons. The number of ether oxygens (including phenoxy) is 2. The number of halogens is 2. The number of nitrogens with zero attached hydrogens (tertiary/aromatic N) is 1. The van der Waals surface area contributed by atoms with Gasteiger partial charge in [0.15, 0.2) is 5.96 Å². The molecule has 1 heterocycles. The number of hydrogen-bond acceptors (Lipinski definition) is 3. The normalized spacial score (nSPS) is 22.4. The van der Waals surface area contributed by atoms with Gasteiger partial charge in [-0.15, -0.1) is 24.0 Å². The van der Waals surface area contributed by atoms with Crippen LogP contribution in [0.25, 0.3) is 0 Å². The molecule has 1 aliphatic carbocycles. The quantitative estimate of drug-likeness (QED) is 0.318. The van der Waals surface area contributed by atoms with Gasteiger partial charge in [0.2, 0.25) is 0 Å². The molecule has 2 unspecified atom stereocenters. The molecule has 1 saturated carbocycles. The first kappa shape index (κ1) is 21.9. The molecular weight excluding hydrogens is 509 g/mol. The number of guanidine groups is 1. The van der Waals surface area contributed by atoms with Gasteiger partial charge in [-0.3, -0.25) is 4.99 Å². The standard InChI is InChI=1S/C19H28BrN3O2.HI/c1-14(11-25-17-6-9-24-12-17)23-18(21-2)22-13-19(7-8-19)15-4-3-5-16(20)10-15;/h3-5,10,14,17H,6-9,11-13H2,1-2H3,(H2,21,22,23);1H. The van der Waals surface area contributed by atoms with E-state index >= 15 is 0 Å². The maximum atomic E-state index is 5.87. The molecule has 2 fully saturated rings. The Kier molecular flexibility index (Phi) is 8.63. The molecular formula is C19H29BrIN3O2. The highest BCUT2D eigenvalue weighted by Gasteiger charge is 2.44. The van der Waals surface area contributed by atoms with Crippen LogP contribution in [0.1, 0.15) is 31.7 Å². The van der Waals surface area contributed by atoms with Crippen LogP contribution in [0.5, 0.6) is 0 Å². The van der Waals surface area contributed by atoms with Crippen LogP contribution in [0.4, 0.5) is 0 Å². The first-order chi connectivity index (χ1) is 12.1. The minimum atomic E-state index is 0. The fourth-order valence-corrected chi connectivity index (χ4v) is 3.58. The molecule has 2 aliphatic rings. The molecule has 7 heteroatoms. The molecule has 26 heavy (non-hydrogen) atoms. The van der Waals surface area contributed by atoms with Gasteiger partial charge in [0, 0.05) is 36.1 Å². The fourth-order valence-electron chi connectivity index (χ4n) is 3.18. The predicted octanol–water partition coefficient (Wildman–Crippen LogP) is 3.46. The van der Waals surface area contributed by atoms with E-state index < -0.39 is 0 Å². The lowest BCUT2D eigenvalue weighted by Gasteiger charge is -2.22. The van der Waals surface area contributed by atoms with Gasteiger partial charge in [-0.05, 0) is 43.9 Å². The second-order valence-electron chi connectivity index (χ2n) is 7.08. The van der Waals surface area contributed by atoms with Crippen LogP contribution in [0, 0.1) is 0 Å². The molecule has 2 atom stereocenters. The summed E-state index contributed by atoms with van der Waals surface area (Å²) in [4.78, 5) is 4.35. The summed E-state index contributed by atoms with van der Waals surface area (Å²) in [5.41, 5.74) is 1.63. The largest absolute Gasteiger partial charge is 0.379 e. The Balaban J connectivity index is 0.00000243. The van der Waals surface area contributed by atoms with Crippen LogP contribution < -0.4 is 10.6 Å². The van der Waals surface area contributed by atoms with Gasteiger partial charge in [0.25, 0.3) is 0 Å². The Bertz CT molecular complexity index is 604. The van der Waals surface area contributed by atoms with E-state index in [1.54, 1.807) is 0 Å². The molecule has 0 amide bonds. The van der Waals surface area contributed by atoms with Crippen molar-refractivity contribution < 1.29 is 9.47 Å². The lowest BCUT2D eigenvalue weighted by molar-refractivity contribution is 0.0347. The van der Waals surface area contributed by atoms with Gasteiger partial charge in [-0.25, -0.2) is 0 Å². The topological polar surface area (TPSA) is 54.9 Å². The highest BCUT2D eigenvalue weighted by molar-refractivity contribution is 14.0. The van der Waals surface area contributed by atoms with Crippen LogP contribution in [-0.2, 0) is 14.9 Å². The maximum Gasteiger partial charge on any atom is 0.191 e. The summed E-state index contributed by atoms with van der Waals surface area (Å²) in [5, 5.41) is 6.91. The Morgan fingerprint density at radius 3 is 2.88 bits per heavy atom. The summed E-state index contributed by atoms with van der Waals surface area (Å²) in [6, 6.07) is 8.83. The summed E-state index contributed by atoms with van der Waals surface area (Å²) in [6.07, 6.45) is 3.67. The Morgan fingerprint density at radius 2 is 2.27 bits per heavy atom. The van der Waals surface area contributed by atoms with Gasteiger partial charge in [-0.1, -0.05) is 28.1 Å². The molecule has 1 aromatic carbocycles. The number of benzene rings is 1. The summed E-state index contributed by atoms with van der Waals surface area (Å²) in [6.45, 7) is 5.20. The van der Waals surface area contributed by atoms with Crippen LogP contribution >= 0.6 is 39.9 Å². The van der Waals surface area contributed by atoms with Crippen molar-refractivity contribution in [2.45, 2.75) is 43.7 Å². The van der Waals surface area contributed by atoms with Crippen molar-refractivity contribution in [2.24, 2.45) is 4.99 Å². The molecule has 0 bridgehead atoms. The van der Waals surface area contributed by atoms with Crippen LogP contribution in [0.15, 0.2) is 33.7 Å². The minimum absolute atomic E-state index is 0. The molecule has 1 aliphatic heterocycles. The zero-order valence-corrected chi connectivity index (χ0v) is 19.4. The number of aliphatic imine (C=N–C) groups is 1. The third-order valence-corrected chi connectivity index (χ3v) is 5.45. The second-order valence-corrected chi connectivity index (χ2v) is 8.00. The lowest BCUT2D eigenvalue weighted by Crippen LogP contribution is -2.46. The van der Waals surface area contributed by atoms with Crippen molar-refractivity contribution in [3.05, 3.63) is 34.3 Å². The van der Waals surface area contributed by atoms with Crippen molar-refractivity contribution in [3.63, 3.8) is 0 Å². The molecule has 1 aromatic rings. The average Bonchev–Trinajstić information content (AvgIpc) is 3.22. The van der Waals surface area contributed by atoms with E-state index in [1.807, 2.05) is 7.05 Å². The number of rotatable bonds is 7. The molecule has 1 saturated heterocycles. The third-order valence-electron chi connectivity index (χ3n) is 4.96. The first-order valence-corrected chi connectivity index (χ1v) is 9.83. The average molecular weight is 538 g/mol. The molecule has 0 aromatic heterocycles. The zero-order valence-electron chi connectivity index (χ0n) is 15.5. The van der Waals surface area contributed by atoms with E-state index in [-0.39, 0.29) is 41.5 Å². The van der Waals surface area contributed by atoms with Crippen LogP contribution in [0.2, 0.25) is 0 Å². The summed E-state index contributed by atoms with van der Waals surface area (Å²) in [7, 11) is 1.81. The molecule has 146 valence electrons. The summed E-state index contributed by atoms with van der Waals surface area (Å²) < 4.78 is 12.4. The van der Waals surface area contributed by atoms with Gasteiger partial charge in [0.05, 0.1) is 19.3 Å². The fraction of sp³-hybridized carbons (Fsp3) is 0.632. The number of hydrogen-bond donors (Lipinski definition) is 2. The SMILES string of the molecule is CN=C(NCC1(c2cccc(Br)c2)CC1)NC(C)COC1CCOC1.I. The monoisotopic (exact) mass is 537 g/mol. The molecule has 3 rings (SSSR count). The third kappa shape index (κ3) is 6.07. The Hall–Kier alpha value is -0.380. The van der Waals surface area contributed by atoms with E-state index in [9.17, 15) is 0 Å². The highest BCUT2D eigenvalue weighted by atomic mass is 127. The van der Waals surface area contributed by atoms with E-state index in [2.05, 4.69) is 62.7 Å². The van der Waals surface area contributed by atoms with Gasteiger partial charge in [-0.2, -0.15) is 0 Å². The Morgan fingerprint density at radius 1 is 1.46 bits per heavy atom. The highest BCUT2D eigenvalue weighted by Crippen LogP contribution is 2.48. The van der Waals surface area contributed by atoms with Gasteiger partial charge in [0.1, 0.15) is 0 Å². The van der Waals surface area contributed by atoms with Crippen molar-refractivity contribution in [3.8, 4) is 0 Å². The second kappa shape index (κ2) is 10.2. The van der Waals surface area contributed by atoms with Gasteiger partial charge >= 0.3 is 0 Å². The lowest BCUT2D eigenvalue weighted by atomic mass is 9.96. The van der Waals surface area contributed by atoms with Gasteiger partial charge < -0.3 is 20.1 Å². The van der Waals surface area contributed by atoms with Crippen LogP contribution in [0.3, 0.4) is 0 Å². The first-order valence-electron chi connectivity index (χ1n) is 9.04. The summed E-state index contributed by atoms with van der Waals surface area (Å²) >= 11 is 3.57. The van der Waals surface area contributed by atoms with Crippen molar-refractivity contribution in [1.29, 1.82) is 0 Å². The van der Waals surface area contributed by atoms with Crippen molar-refractivity contribution >= 4 is 45.9 Å². The number of nitrogens with one attached hydrogen (secondary N) is 2. The van der Waals surface area contributed by atoms with E-state index in [0.717, 1.165) is 36.6 Å². The predicted molar refractivity (Wildman–Crippen MR) is 120 cm³/mol. The molecule has 2 N–H and O–H groups in total. The van der Waals surface area contributed by atoms with Crippen molar-refractivity contribution in [2.75, 3.05) is 33.4 Å². The maximum absolute atomic E-state index is 5.87. The smallest absolute Gasteiger partial charge is 0.191 e. The van der Waals surface area contributed by atoms with Crippen molar-refractivity contribution in [1.82, 2.24) is 10.6 Å².